The van der Waals surface area contributed by atoms with Crippen LogP contribution in [0.15, 0.2) is 60.7 Å². The molecule has 1 aliphatic rings. The van der Waals surface area contributed by atoms with E-state index >= 15 is 0 Å². The van der Waals surface area contributed by atoms with Crippen LogP contribution in [0.25, 0.3) is 0 Å². The number of hydrogen-bond acceptors (Lipinski definition) is 1. The molecule has 0 spiro atoms. The Labute approximate surface area is 135 Å². The van der Waals surface area contributed by atoms with Crippen LogP contribution >= 0.6 is 0 Å². The zero-order valence-electron chi connectivity index (χ0n) is 13.6. The summed E-state index contributed by atoms with van der Waals surface area (Å²) < 4.78 is 0. The third-order valence-electron chi connectivity index (χ3n) is 5.15. The number of aryl methyl sites for hydroxylation is 1. The Balaban J connectivity index is 1.56. The van der Waals surface area contributed by atoms with Crippen molar-refractivity contribution in [2.75, 3.05) is 7.05 Å². The summed E-state index contributed by atoms with van der Waals surface area (Å²) >= 11 is 0. The average Bonchev–Trinajstić information content (AvgIpc) is 2.58. The van der Waals surface area contributed by atoms with Crippen LogP contribution in [0.4, 0.5) is 0 Å². The Morgan fingerprint density at radius 3 is 2.09 bits per heavy atom. The van der Waals surface area contributed by atoms with Crippen molar-refractivity contribution in [1.29, 1.82) is 0 Å². The van der Waals surface area contributed by atoms with Gasteiger partial charge in [0.2, 0.25) is 0 Å². The highest BCUT2D eigenvalue weighted by Gasteiger charge is 2.27. The zero-order valence-corrected chi connectivity index (χ0v) is 13.6. The van der Waals surface area contributed by atoms with Crippen molar-refractivity contribution in [2.45, 2.75) is 50.6 Å². The summed E-state index contributed by atoms with van der Waals surface area (Å²) in [5.74, 6) is 0. The summed E-state index contributed by atoms with van der Waals surface area (Å²) in [6.07, 6.45) is 7.75. The quantitative estimate of drug-likeness (QED) is 0.771. The first-order valence-electron chi connectivity index (χ1n) is 8.63. The van der Waals surface area contributed by atoms with Gasteiger partial charge in [0.25, 0.3) is 0 Å². The lowest BCUT2D eigenvalue weighted by atomic mass is 9.89. The predicted octanol–water partition coefficient (Wildman–Crippen LogP) is 4.71. The molecule has 0 aromatic heterocycles. The maximum absolute atomic E-state index is 2.65. The van der Waals surface area contributed by atoms with Crippen LogP contribution < -0.4 is 0 Å². The van der Waals surface area contributed by atoms with Crippen molar-refractivity contribution in [3.05, 3.63) is 71.8 Å². The molecular weight excluding hydrogens is 266 g/mol. The maximum atomic E-state index is 2.65. The molecule has 0 saturated carbocycles. The van der Waals surface area contributed by atoms with Crippen molar-refractivity contribution < 1.29 is 0 Å². The van der Waals surface area contributed by atoms with E-state index < -0.39 is 0 Å². The Morgan fingerprint density at radius 2 is 1.41 bits per heavy atom. The van der Waals surface area contributed by atoms with E-state index in [4.69, 9.17) is 0 Å². The number of piperidine rings is 1. The van der Waals surface area contributed by atoms with E-state index in [1.54, 1.807) is 0 Å². The van der Waals surface area contributed by atoms with Gasteiger partial charge in [-0.1, -0.05) is 67.1 Å². The molecule has 0 unspecified atom stereocenters. The third kappa shape index (κ3) is 3.98. The van der Waals surface area contributed by atoms with Crippen molar-refractivity contribution in [3.8, 4) is 0 Å². The highest BCUT2D eigenvalue weighted by Crippen LogP contribution is 2.26. The Bertz CT molecular complexity index is 549. The third-order valence-corrected chi connectivity index (χ3v) is 5.15. The van der Waals surface area contributed by atoms with Gasteiger partial charge in [-0.15, -0.1) is 0 Å². The second-order valence-corrected chi connectivity index (χ2v) is 6.62. The normalized spacial score (nSPS) is 22.6. The minimum absolute atomic E-state index is 0.705. The second-order valence-electron chi connectivity index (χ2n) is 6.62. The van der Waals surface area contributed by atoms with Gasteiger partial charge in [0, 0.05) is 12.1 Å². The molecule has 1 saturated heterocycles. The van der Waals surface area contributed by atoms with Crippen molar-refractivity contribution >= 4 is 0 Å². The summed E-state index contributed by atoms with van der Waals surface area (Å²) in [5.41, 5.74) is 2.95. The summed E-state index contributed by atoms with van der Waals surface area (Å²) in [5, 5.41) is 0. The smallest absolute Gasteiger partial charge is 0.0136 e. The Morgan fingerprint density at radius 1 is 0.818 bits per heavy atom. The van der Waals surface area contributed by atoms with E-state index in [-0.39, 0.29) is 0 Å². The van der Waals surface area contributed by atoms with Gasteiger partial charge < -0.3 is 4.90 Å². The van der Waals surface area contributed by atoms with Gasteiger partial charge in [0.1, 0.15) is 0 Å². The van der Waals surface area contributed by atoms with Gasteiger partial charge in [-0.2, -0.15) is 0 Å². The van der Waals surface area contributed by atoms with Gasteiger partial charge in [0.15, 0.2) is 0 Å². The lowest BCUT2D eigenvalue weighted by Gasteiger charge is -2.40. The number of benzene rings is 2. The molecule has 1 aliphatic heterocycles. The second kappa shape index (κ2) is 7.60. The van der Waals surface area contributed by atoms with Crippen LogP contribution in [0, 0.1) is 0 Å². The molecule has 0 aliphatic carbocycles. The summed E-state index contributed by atoms with van der Waals surface area (Å²) in [7, 11) is 2.34. The van der Waals surface area contributed by atoms with E-state index in [9.17, 15) is 0 Å². The topological polar surface area (TPSA) is 3.24 Å². The van der Waals surface area contributed by atoms with Crippen LogP contribution in [0.1, 0.15) is 36.8 Å². The van der Waals surface area contributed by atoms with E-state index in [2.05, 4.69) is 72.6 Å². The lowest BCUT2D eigenvalue weighted by molar-refractivity contribution is 0.108. The van der Waals surface area contributed by atoms with Crippen LogP contribution in [-0.4, -0.2) is 24.0 Å². The molecule has 0 amide bonds. The van der Waals surface area contributed by atoms with E-state index in [1.807, 2.05) is 0 Å². The molecule has 1 nitrogen and oxygen atoms in total. The first-order valence-corrected chi connectivity index (χ1v) is 8.63. The fourth-order valence-corrected chi connectivity index (χ4v) is 3.75. The molecule has 116 valence electrons. The molecular formula is C21H27N. The van der Waals surface area contributed by atoms with Crippen LogP contribution in [0.3, 0.4) is 0 Å². The van der Waals surface area contributed by atoms with E-state index in [1.165, 1.54) is 49.7 Å². The summed E-state index contributed by atoms with van der Waals surface area (Å²) in [6.45, 7) is 0. The monoisotopic (exact) mass is 293 g/mol. The lowest BCUT2D eigenvalue weighted by Crippen LogP contribution is -2.45. The molecule has 22 heavy (non-hydrogen) atoms. The molecule has 0 N–H and O–H groups in total. The molecule has 0 radical (unpaired) electrons. The van der Waals surface area contributed by atoms with Gasteiger partial charge in [0.05, 0.1) is 0 Å². The summed E-state index contributed by atoms with van der Waals surface area (Å²) in [4.78, 5) is 2.65. The van der Waals surface area contributed by atoms with Crippen LogP contribution in [0.5, 0.6) is 0 Å². The minimum atomic E-state index is 0.705. The molecule has 3 rings (SSSR count). The Kier molecular flexibility index (Phi) is 5.29. The largest absolute Gasteiger partial charge is 0.300 e. The van der Waals surface area contributed by atoms with Gasteiger partial charge >= 0.3 is 0 Å². The van der Waals surface area contributed by atoms with Gasteiger partial charge in [-0.3, -0.25) is 0 Å². The predicted molar refractivity (Wildman–Crippen MR) is 94.1 cm³/mol. The first kappa shape index (κ1) is 15.3. The van der Waals surface area contributed by atoms with Crippen molar-refractivity contribution in [3.63, 3.8) is 0 Å². The molecule has 1 heterocycles. The fourth-order valence-electron chi connectivity index (χ4n) is 3.75. The zero-order chi connectivity index (χ0) is 15.2. The van der Waals surface area contributed by atoms with Gasteiger partial charge in [-0.05, 0) is 50.3 Å². The number of likely N-dealkylation sites (N-methyl/N-ethyl adjacent to an activating group) is 1. The number of rotatable bonds is 5. The average molecular weight is 293 g/mol. The molecule has 1 heteroatoms. The number of nitrogens with zero attached hydrogens (tertiary/aromatic N) is 1. The minimum Gasteiger partial charge on any atom is -0.300 e. The van der Waals surface area contributed by atoms with Crippen LogP contribution in [-0.2, 0) is 12.8 Å². The molecule has 2 aromatic carbocycles. The van der Waals surface area contributed by atoms with Crippen molar-refractivity contribution in [1.82, 2.24) is 4.90 Å². The molecule has 0 bridgehead atoms. The first-order chi connectivity index (χ1) is 10.8. The van der Waals surface area contributed by atoms with Crippen LogP contribution in [0.2, 0.25) is 0 Å². The highest BCUT2D eigenvalue weighted by molar-refractivity contribution is 5.17. The van der Waals surface area contributed by atoms with E-state index in [0.717, 1.165) is 6.04 Å². The van der Waals surface area contributed by atoms with Gasteiger partial charge in [-0.25, -0.2) is 0 Å². The fraction of sp³-hybridized carbons (Fsp3) is 0.429. The van der Waals surface area contributed by atoms with Crippen molar-refractivity contribution in [2.24, 2.45) is 0 Å². The molecule has 2 atom stereocenters. The standard InChI is InChI=1S/C21H27N/c1-22-20(16-15-18-9-4-2-5-10-18)13-8-14-21(22)17-19-11-6-3-7-12-19/h2-7,9-12,20-21H,8,13-17H2,1H3/t20-,21+/m1/s1. The SMILES string of the molecule is CN1[C@@H](CCc2ccccc2)CCC[C@H]1Cc1ccccc1. The summed E-state index contributed by atoms with van der Waals surface area (Å²) in [6, 6.07) is 23.3. The number of likely N-dealkylation sites (tertiary alicyclic amines) is 1. The molecule has 2 aromatic rings. The highest BCUT2D eigenvalue weighted by atomic mass is 15.2. The number of hydrogen-bond donors (Lipinski definition) is 0. The maximum Gasteiger partial charge on any atom is 0.0136 e. The Hall–Kier alpha value is -1.60. The molecule has 1 fully saturated rings. The van der Waals surface area contributed by atoms with E-state index in [0.29, 0.717) is 6.04 Å².